The topological polar surface area (TPSA) is 55.1 Å². The Morgan fingerprint density at radius 2 is 2.06 bits per heavy atom. The van der Waals surface area contributed by atoms with E-state index in [1.807, 2.05) is 39.0 Å². The van der Waals surface area contributed by atoms with E-state index in [1.54, 1.807) is 0 Å². The van der Waals surface area contributed by atoms with Gasteiger partial charge in [0, 0.05) is 8.04 Å². The number of anilines is 1. The van der Waals surface area contributed by atoms with Crippen molar-refractivity contribution in [1.82, 2.24) is 0 Å². The minimum absolute atomic E-state index is 0.166. The molecule has 5 heteroatoms. The van der Waals surface area contributed by atoms with Crippen LogP contribution in [0, 0.1) is 8.99 Å². The van der Waals surface area contributed by atoms with Crippen LogP contribution in [0.2, 0.25) is 0 Å². The van der Waals surface area contributed by atoms with Gasteiger partial charge in [0.1, 0.15) is 0 Å². The largest absolute Gasteiger partial charge is 0.324 e. The first kappa shape index (κ1) is 14.9. The van der Waals surface area contributed by atoms with E-state index in [0.29, 0.717) is 0 Å². The van der Waals surface area contributed by atoms with Crippen LogP contribution >= 0.6 is 38.5 Å². The number of carbonyl (C=O) groups excluding carboxylic acids is 1. The molecule has 0 radical (unpaired) electrons. The number of halogens is 2. The third-order valence-electron chi connectivity index (χ3n) is 2.40. The van der Waals surface area contributed by atoms with Gasteiger partial charge in [0.05, 0.1) is 11.7 Å². The number of hydrogen-bond acceptors (Lipinski definition) is 2. The van der Waals surface area contributed by atoms with E-state index >= 15 is 0 Å². The van der Waals surface area contributed by atoms with Gasteiger partial charge < -0.3 is 11.1 Å². The minimum atomic E-state index is -0.535. The van der Waals surface area contributed by atoms with Crippen molar-refractivity contribution >= 4 is 50.1 Å². The number of nitrogens with one attached hydrogen (secondary N) is 1. The van der Waals surface area contributed by atoms with Gasteiger partial charge in [-0.25, -0.2) is 0 Å². The molecule has 0 saturated carbocycles. The maximum absolute atomic E-state index is 12.0. The molecule has 0 aromatic heterocycles. The monoisotopic (exact) mass is 410 g/mol. The second-order valence-corrected chi connectivity index (χ2v) is 7.06. The highest BCUT2D eigenvalue weighted by atomic mass is 127. The van der Waals surface area contributed by atoms with Crippen LogP contribution in [0.25, 0.3) is 0 Å². The molecule has 1 amide bonds. The Morgan fingerprint density at radius 3 is 2.59 bits per heavy atom. The molecule has 1 aromatic carbocycles. The molecule has 3 N–H and O–H groups in total. The van der Waals surface area contributed by atoms with Crippen LogP contribution in [-0.4, -0.2) is 11.9 Å². The fourth-order valence-corrected chi connectivity index (χ4v) is 2.03. The summed E-state index contributed by atoms with van der Waals surface area (Å²) in [6, 6.07) is 5.23. The summed E-state index contributed by atoms with van der Waals surface area (Å²) < 4.78 is 1.91. The van der Waals surface area contributed by atoms with Crippen LogP contribution in [0.1, 0.15) is 20.8 Å². The molecule has 0 unspecified atom stereocenters. The quantitative estimate of drug-likeness (QED) is 0.734. The number of amides is 1. The lowest BCUT2D eigenvalue weighted by atomic mass is 9.87. The molecule has 0 aliphatic rings. The number of rotatable bonds is 2. The average molecular weight is 411 g/mol. The highest BCUT2D eigenvalue weighted by molar-refractivity contribution is 14.1. The molecule has 94 valence electrons. The highest BCUT2D eigenvalue weighted by Crippen LogP contribution is 2.26. The van der Waals surface area contributed by atoms with Crippen LogP contribution in [0.3, 0.4) is 0 Å². The molecule has 0 aliphatic heterocycles. The third kappa shape index (κ3) is 4.22. The first-order valence-electron chi connectivity index (χ1n) is 5.23. The molecule has 0 heterocycles. The van der Waals surface area contributed by atoms with Crippen LogP contribution in [0.5, 0.6) is 0 Å². The molecule has 1 aromatic rings. The SMILES string of the molecule is CC(C)(C)[C@@H](N)C(=O)Nc1cc(I)ccc1Br. The molecule has 0 saturated heterocycles. The average Bonchev–Trinajstić information content (AvgIpc) is 2.21. The van der Waals surface area contributed by atoms with E-state index in [2.05, 4.69) is 43.8 Å². The molecular weight excluding hydrogens is 395 g/mol. The van der Waals surface area contributed by atoms with E-state index < -0.39 is 6.04 Å². The van der Waals surface area contributed by atoms with E-state index in [-0.39, 0.29) is 11.3 Å². The van der Waals surface area contributed by atoms with Gasteiger partial charge >= 0.3 is 0 Å². The van der Waals surface area contributed by atoms with Crippen LogP contribution in [0.4, 0.5) is 5.69 Å². The predicted molar refractivity (Wildman–Crippen MR) is 82.9 cm³/mol. The zero-order valence-electron chi connectivity index (χ0n) is 10.1. The summed E-state index contributed by atoms with van der Waals surface area (Å²) in [7, 11) is 0. The van der Waals surface area contributed by atoms with Crippen molar-refractivity contribution in [2.45, 2.75) is 26.8 Å². The van der Waals surface area contributed by atoms with Crippen molar-refractivity contribution in [2.24, 2.45) is 11.1 Å². The fraction of sp³-hybridized carbons (Fsp3) is 0.417. The van der Waals surface area contributed by atoms with Crippen molar-refractivity contribution < 1.29 is 4.79 Å². The van der Waals surface area contributed by atoms with Gasteiger partial charge in [-0.3, -0.25) is 4.79 Å². The molecule has 0 bridgehead atoms. The zero-order chi connectivity index (χ0) is 13.2. The van der Waals surface area contributed by atoms with Gasteiger partial charge in [-0.2, -0.15) is 0 Å². The van der Waals surface area contributed by atoms with Gasteiger partial charge in [0.15, 0.2) is 0 Å². The second-order valence-electron chi connectivity index (χ2n) is 4.96. The van der Waals surface area contributed by atoms with E-state index in [9.17, 15) is 4.79 Å². The van der Waals surface area contributed by atoms with Crippen molar-refractivity contribution in [2.75, 3.05) is 5.32 Å². The van der Waals surface area contributed by atoms with E-state index in [0.717, 1.165) is 13.7 Å². The lowest BCUT2D eigenvalue weighted by Crippen LogP contribution is -2.45. The van der Waals surface area contributed by atoms with Crippen LogP contribution < -0.4 is 11.1 Å². The molecule has 0 spiro atoms. The molecular formula is C12H16BrIN2O. The zero-order valence-corrected chi connectivity index (χ0v) is 13.8. The summed E-state index contributed by atoms with van der Waals surface area (Å²) in [6.45, 7) is 5.84. The maximum atomic E-state index is 12.0. The lowest BCUT2D eigenvalue weighted by Gasteiger charge is -2.26. The normalized spacial score (nSPS) is 13.3. The maximum Gasteiger partial charge on any atom is 0.241 e. The second kappa shape index (κ2) is 5.67. The van der Waals surface area contributed by atoms with Gasteiger partial charge in [-0.15, -0.1) is 0 Å². The minimum Gasteiger partial charge on any atom is -0.324 e. The van der Waals surface area contributed by atoms with Crippen LogP contribution in [0.15, 0.2) is 22.7 Å². The standard InChI is InChI=1S/C12H16BrIN2O/c1-12(2,3)10(15)11(17)16-9-6-7(14)4-5-8(9)13/h4-6,10H,15H2,1-3H3,(H,16,17)/t10-/m0/s1. The molecule has 17 heavy (non-hydrogen) atoms. The van der Waals surface area contributed by atoms with Crippen molar-refractivity contribution in [3.05, 3.63) is 26.2 Å². The summed E-state index contributed by atoms with van der Waals surface area (Å²) in [5, 5.41) is 2.84. The number of hydrogen-bond donors (Lipinski definition) is 2. The van der Waals surface area contributed by atoms with E-state index in [1.165, 1.54) is 0 Å². The Labute approximate surface area is 124 Å². The van der Waals surface area contributed by atoms with Gasteiger partial charge in [-0.1, -0.05) is 20.8 Å². The van der Waals surface area contributed by atoms with Crippen molar-refractivity contribution in [3.63, 3.8) is 0 Å². The smallest absolute Gasteiger partial charge is 0.241 e. The van der Waals surface area contributed by atoms with Gasteiger partial charge in [0.2, 0.25) is 5.91 Å². The first-order chi connectivity index (χ1) is 7.71. The molecule has 1 rings (SSSR count). The lowest BCUT2D eigenvalue weighted by molar-refractivity contribution is -0.119. The fourth-order valence-electron chi connectivity index (χ4n) is 1.20. The summed E-state index contributed by atoms with van der Waals surface area (Å²) in [5.74, 6) is -0.166. The molecule has 1 atom stereocenters. The highest BCUT2D eigenvalue weighted by Gasteiger charge is 2.27. The van der Waals surface area contributed by atoms with E-state index in [4.69, 9.17) is 5.73 Å². The Kier molecular flexibility index (Phi) is 4.97. The molecule has 0 fully saturated rings. The number of benzene rings is 1. The summed E-state index contributed by atoms with van der Waals surface area (Å²) in [4.78, 5) is 12.0. The van der Waals surface area contributed by atoms with Gasteiger partial charge in [0.25, 0.3) is 0 Å². The van der Waals surface area contributed by atoms with Crippen molar-refractivity contribution in [1.29, 1.82) is 0 Å². The Morgan fingerprint density at radius 1 is 1.47 bits per heavy atom. The number of carbonyl (C=O) groups is 1. The summed E-state index contributed by atoms with van der Waals surface area (Å²) >= 11 is 5.60. The predicted octanol–water partition coefficient (Wildman–Crippen LogP) is 3.37. The summed E-state index contributed by atoms with van der Waals surface area (Å²) in [5.41, 5.74) is 6.40. The first-order valence-corrected chi connectivity index (χ1v) is 7.10. The summed E-state index contributed by atoms with van der Waals surface area (Å²) in [6.07, 6.45) is 0. The Balaban J connectivity index is 2.85. The molecule has 3 nitrogen and oxygen atoms in total. The van der Waals surface area contributed by atoms with Gasteiger partial charge in [-0.05, 0) is 62.1 Å². The number of nitrogens with two attached hydrogens (primary N) is 1. The Bertz CT molecular complexity index is 429. The molecule has 0 aliphatic carbocycles. The van der Waals surface area contributed by atoms with Crippen molar-refractivity contribution in [3.8, 4) is 0 Å². The van der Waals surface area contributed by atoms with Crippen LogP contribution in [-0.2, 0) is 4.79 Å². The third-order valence-corrected chi connectivity index (χ3v) is 3.76. The Hall–Kier alpha value is -0.140.